The molecule has 3 atom stereocenters. The van der Waals surface area contributed by atoms with Gasteiger partial charge in [-0.3, -0.25) is 19.5 Å². The van der Waals surface area contributed by atoms with Crippen LogP contribution in [-0.4, -0.2) is 52.6 Å². The second kappa shape index (κ2) is 9.29. The highest BCUT2D eigenvalue weighted by atomic mass is 32.3. The lowest BCUT2D eigenvalue weighted by molar-refractivity contribution is -0.384. The van der Waals surface area contributed by atoms with E-state index in [2.05, 4.69) is 10.1 Å². The van der Waals surface area contributed by atoms with E-state index >= 15 is 0 Å². The van der Waals surface area contributed by atoms with Crippen molar-refractivity contribution in [2.75, 3.05) is 5.75 Å². The van der Waals surface area contributed by atoms with Crippen LogP contribution in [-0.2, 0) is 35.5 Å². The zero-order valence-electron chi connectivity index (χ0n) is 16.7. The summed E-state index contributed by atoms with van der Waals surface area (Å²) >= 11 is 1.19. The van der Waals surface area contributed by atoms with E-state index in [4.69, 9.17) is 15.7 Å². The monoisotopic (exact) mass is 482 g/mol. The number of rotatable bonds is 9. The van der Waals surface area contributed by atoms with Gasteiger partial charge in [-0.1, -0.05) is 5.92 Å². The third-order valence-electron chi connectivity index (χ3n) is 4.99. The average molecular weight is 482 g/mol. The molecule has 3 rings (SSSR count). The summed E-state index contributed by atoms with van der Waals surface area (Å²) in [5, 5.41) is 10.7. The number of benzene rings is 1. The van der Waals surface area contributed by atoms with Crippen LogP contribution in [0, 0.1) is 28.4 Å². The largest absolute Gasteiger partial charge is 0.456 e. The standard InChI is InChI=1S/C19H18N2O9S2/c1-3-8-31-15-9-14-16(11(2)30-32(26,27)28)18(22)20(14)17(15)19(23)29-10-12-4-6-13(7-5-12)21(24)25/h1,4-7,11,14,16H,8-10H2,2H3,(H,26,27,28)/t11-,14+,16-/m0/s1. The van der Waals surface area contributed by atoms with Gasteiger partial charge in [-0.05, 0) is 24.6 Å². The zero-order valence-corrected chi connectivity index (χ0v) is 18.3. The second-order valence-corrected chi connectivity index (χ2v) is 9.12. The molecule has 0 saturated carbocycles. The number of terminal acetylenes is 1. The summed E-state index contributed by atoms with van der Waals surface area (Å²) in [6.45, 7) is 1.17. The van der Waals surface area contributed by atoms with E-state index in [1.54, 1.807) is 0 Å². The minimum absolute atomic E-state index is 0.0254. The van der Waals surface area contributed by atoms with Gasteiger partial charge >= 0.3 is 16.4 Å². The molecule has 0 bridgehead atoms. The van der Waals surface area contributed by atoms with Crippen molar-refractivity contribution in [3.63, 3.8) is 0 Å². The number of fused-ring (bicyclic) bond motifs is 1. The molecule has 32 heavy (non-hydrogen) atoms. The van der Waals surface area contributed by atoms with Gasteiger partial charge in [0.05, 0.1) is 28.7 Å². The molecule has 1 aromatic carbocycles. The van der Waals surface area contributed by atoms with Crippen LogP contribution < -0.4 is 0 Å². The Balaban J connectivity index is 1.74. The highest BCUT2D eigenvalue weighted by molar-refractivity contribution is 8.03. The van der Waals surface area contributed by atoms with Crippen molar-refractivity contribution in [1.82, 2.24) is 4.90 Å². The van der Waals surface area contributed by atoms with Crippen molar-refractivity contribution in [2.24, 2.45) is 5.92 Å². The summed E-state index contributed by atoms with van der Waals surface area (Å²) in [6.07, 6.45) is 4.42. The van der Waals surface area contributed by atoms with Gasteiger partial charge in [-0.15, -0.1) is 18.2 Å². The van der Waals surface area contributed by atoms with Crippen LogP contribution in [0.25, 0.3) is 0 Å². The van der Waals surface area contributed by atoms with E-state index in [1.807, 2.05) is 0 Å². The molecule has 2 aliphatic rings. The first-order chi connectivity index (χ1) is 15.0. The van der Waals surface area contributed by atoms with Crippen molar-refractivity contribution in [3.8, 4) is 12.3 Å². The molecule has 1 N–H and O–H groups in total. The predicted octanol–water partition coefficient (Wildman–Crippen LogP) is 1.65. The summed E-state index contributed by atoms with van der Waals surface area (Å²) in [7, 11) is -4.75. The minimum Gasteiger partial charge on any atom is -0.456 e. The lowest BCUT2D eigenvalue weighted by atomic mass is 9.83. The Labute approximate surface area is 187 Å². The fraction of sp³-hybridized carbons (Fsp3) is 0.368. The van der Waals surface area contributed by atoms with Crippen LogP contribution in [0.2, 0.25) is 0 Å². The molecule has 0 aromatic heterocycles. The first-order valence-corrected chi connectivity index (χ1v) is 11.6. The Morgan fingerprint density at radius 2 is 2.09 bits per heavy atom. The maximum Gasteiger partial charge on any atom is 0.397 e. The van der Waals surface area contributed by atoms with Crippen LogP contribution in [0.4, 0.5) is 5.69 Å². The van der Waals surface area contributed by atoms with Gasteiger partial charge in [0.1, 0.15) is 12.3 Å². The van der Waals surface area contributed by atoms with Gasteiger partial charge in [-0.2, -0.15) is 8.42 Å². The number of nitro groups is 1. The fourth-order valence-corrected chi connectivity index (χ4v) is 5.01. The maximum atomic E-state index is 12.8. The number of hydrogen-bond donors (Lipinski definition) is 1. The van der Waals surface area contributed by atoms with E-state index in [0.717, 1.165) is 0 Å². The zero-order chi connectivity index (χ0) is 23.6. The smallest absolute Gasteiger partial charge is 0.397 e. The number of thioether (sulfide) groups is 1. The Kier molecular flexibility index (Phi) is 6.89. The van der Waals surface area contributed by atoms with Crippen molar-refractivity contribution >= 4 is 39.7 Å². The Hall–Kier alpha value is -2.92. The Morgan fingerprint density at radius 1 is 1.44 bits per heavy atom. The first-order valence-electron chi connectivity index (χ1n) is 9.22. The SMILES string of the molecule is C#CCSC1=C(C(=O)OCc2ccc([N+](=O)[O-])cc2)N2C(=O)[C@@H]([C@H](C)OS(=O)(=O)O)[C@H]2C1. The molecule has 1 fully saturated rings. The topological polar surface area (TPSA) is 153 Å². The van der Waals surface area contributed by atoms with E-state index in [0.29, 0.717) is 10.5 Å². The van der Waals surface area contributed by atoms with Crippen molar-refractivity contribution in [3.05, 3.63) is 50.5 Å². The van der Waals surface area contributed by atoms with Gasteiger partial charge in [0.25, 0.3) is 5.69 Å². The number of ether oxygens (including phenoxy) is 1. The lowest BCUT2D eigenvalue weighted by Crippen LogP contribution is -2.62. The molecule has 2 heterocycles. The Morgan fingerprint density at radius 3 is 2.66 bits per heavy atom. The van der Waals surface area contributed by atoms with Crippen LogP contribution >= 0.6 is 11.8 Å². The predicted molar refractivity (Wildman–Crippen MR) is 112 cm³/mol. The number of carbonyl (C=O) groups excluding carboxylic acids is 2. The van der Waals surface area contributed by atoms with Crippen LogP contribution in [0.15, 0.2) is 34.9 Å². The molecule has 2 aliphatic heterocycles. The second-order valence-electron chi connectivity index (χ2n) is 7.00. The highest BCUT2D eigenvalue weighted by Gasteiger charge is 2.58. The number of hydrogen-bond acceptors (Lipinski definition) is 9. The third-order valence-corrected chi connectivity index (χ3v) is 6.55. The number of carbonyl (C=O) groups is 2. The van der Waals surface area contributed by atoms with Crippen molar-refractivity contribution < 1.29 is 36.4 Å². The number of β-lactam (4-membered cyclic amide) rings is 1. The lowest BCUT2D eigenvalue weighted by Gasteiger charge is -2.45. The normalized spacial score (nSPS) is 20.9. The van der Waals surface area contributed by atoms with Crippen LogP contribution in [0.1, 0.15) is 18.9 Å². The quantitative estimate of drug-likeness (QED) is 0.137. The van der Waals surface area contributed by atoms with E-state index in [-0.39, 0.29) is 30.2 Å². The molecule has 0 radical (unpaired) electrons. The van der Waals surface area contributed by atoms with E-state index in [1.165, 1.54) is 47.9 Å². The number of non-ortho nitro benzene ring substituents is 1. The third kappa shape index (κ3) is 4.94. The molecule has 0 unspecified atom stereocenters. The van der Waals surface area contributed by atoms with Gasteiger partial charge in [0.2, 0.25) is 5.91 Å². The number of esters is 1. The number of nitro benzene ring substituents is 1. The van der Waals surface area contributed by atoms with Crippen molar-refractivity contribution in [2.45, 2.75) is 32.1 Å². The van der Waals surface area contributed by atoms with Crippen molar-refractivity contribution in [1.29, 1.82) is 0 Å². The molecular formula is C19H18N2O9S2. The van der Waals surface area contributed by atoms with Crippen LogP contribution in [0.3, 0.4) is 0 Å². The number of nitrogens with zero attached hydrogens (tertiary/aromatic N) is 2. The average Bonchev–Trinajstić information content (AvgIpc) is 3.03. The molecular weight excluding hydrogens is 464 g/mol. The molecule has 0 aliphatic carbocycles. The maximum absolute atomic E-state index is 12.8. The fourth-order valence-electron chi connectivity index (χ4n) is 3.65. The molecule has 1 amide bonds. The van der Waals surface area contributed by atoms with E-state index < -0.39 is 45.3 Å². The summed E-state index contributed by atoms with van der Waals surface area (Å²) in [5.74, 6) is 0.484. The minimum atomic E-state index is -4.75. The summed E-state index contributed by atoms with van der Waals surface area (Å²) in [5.41, 5.74) is 0.435. The molecule has 11 nitrogen and oxygen atoms in total. The van der Waals surface area contributed by atoms with Gasteiger partial charge in [0.15, 0.2) is 0 Å². The summed E-state index contributed by atoms with van der Waals surface area (Å²) in [4.78, 5) is 37.4. The number of amides is 1. The Bertz CT molecular complexity index is 1120. The van der Waals surface area contributed by atoms with E-state index in [9.17, 15) is 28.1 Å². The van der Waals surface area contributed by atoms with Gasteiger partial charge in [-0.25, -0.2) is 8.98 Å². The summed E-state index contributed by atoms with van der Waals surface area (Å²) in [6, 6.07) is 4.92. The molecule has 0 spiro atoms. The first kappa shape index (κ1) is 23.7. The molecule has 1 saturated heterocycles. The molecule has 170 valence electrons. The molecule has 13 heteroatoms. The highest BCUT2D eigenvalue weighted by Crippen LogP contribution is 2.47. The van der Waals surface area contributed by atoms with Gasteiger partial charge < -0.3 is 9.64 Å². The van der Waals surface area contributed by atoms with Gasteiger partial charge in [0, 0.05) is 23.5 Å². The van der Waals surface area contributed by atoms with Crippen LogP contribution in [0.5, 0.6) is 0 Å². The molecule has 1 aromatic rings. The summed E-state index contributed by atoms with van der Waals surface area (Å²) < 4.78 is 40.7.